The number of thiophene rings is 1. The molecule has 0 radical (unpaired) electrons. The maximum absolute atomic E-state index is 12.0. The van der Waals surface area contributed by atoms with E-state index in [-0.39, 0.29) is 22.9 Å². The number of tetrazole rings is 1. The van der Waals surface area contributed by atoms with Crippen molar-refractivity contribution in [3.63, 3.8) is 0 Å². The minimum absolute atomic E-state index is 0.0487. The van der Waals surface area contributed by atoms with Gasteiger partial charge in [0.2, 0.25) is 11.7 Å². The maximum Gasteiger partial charge on any atom is 0.294 e. The first kappa shape index (κ1) is 16.0. The summed E-state index contributed by atoms with van der Waals surface area (Å²) in [6.45, 7) is -0.225. The molecule has 1 aromatic carbocycles. The van der Waals surface area contributed by atoms with Gasteiger partial charge in [0.1, 0.15) is 12.2 Å². The van der Waals surface area contributed by atoms with Gasteiger partial charge in [-0.05, 0) is 28.8 Å². The second-order valence-electron chi connectivity index (χ2n) is 4.62. The molecule has 0 aliphatic rings. The first-order valence-corrected chi connectivity index (χ1v) is 7.89. The third kappa shape index (κ3) is 3.55. The Morgan fingerprint density at radius 1 is 1.42 bits per heavy atom. The molecule has 24 heavy (non-hydrogen) atoms. The predicted molar refractivity (Wildman–Crippen MR) is 87.9 cm³/mol. The molecule has 0 saturated heterocycles. The standard InChI is InChI=1S/C13H9ClN6O3S/c14-9-1-2-10(11(5-9)20(22)23)15-12(21)6-19-17-13(16-18-19)8-3-4-24-7-8/h1-5,7H,6H2,(H,15,21). The minimum atomic E-state index is -0.621. The maximum atomic E-state index is 12.0. The van der Waals surface area contributed by atoms with Gasteiger partial charge in [0.05, 0.1) is 4.92 Å². The van der Waals surface area contributed by atoms with E-state index in [1.165, 1.54) is 29.5 Å². The van der Waals surface area contributed by atoms with E-state index in [0.717, 1.165) is 10.4 Å². The fourth-order valence-corrected chi connectivity index (χ4v) is 2.70. The molecule has 3 aromatic rings. The number of aromatic nitrogens is 4. The second-order valence-corrected chi connectivity index (χ2v) is 5.84. The summed E-state index contributed by atoms with van der Waals surface area (Å²) >= 11 is 7.22. The van der Waals surface area contributed by atoms with Gasteiger partial charge in [-0.3, -0.25) is 14.9 Å². The van der Waals surface area contributed by atoms with Crippen LogP contribution in [-0.4, -0.2) is 31.0 Å². The molecule has 1 amide bonds. The van der Waals surface area contributed by atoms with E-state index in [1.807, 2.05) is 16.8 Å². The lowest BCUT2D eigenvalue weighted by Crippen LogP contribution is -2.21. The zero-order valence-electron chi connectivity index (χ0n) is 11.9. The number of carbonyl (C=O) groups is 1. The molecule has 2 aromatic heterocycles. The summed E-state index contributed by atoms with van der Waals surface area (Å²) in [5, 5.41) is 29.1. The summed E-state index contributed by atoms with van der Waals surface area (Å²) in [6.07, 6.45) is 0. The van der Waals surface area contributed by atoms with Gasteiger partial charge in [0.25, 0.3) is 5.69 Å². The number of nitrogens with zero attached hydrogens (tertiary/aromatic N) is 5. The van der Waals surface area contributed by atoms with Crippen molar-refractivity contribution in [2.75, 3.05) is 5.32 Å². The highest BCUT2D eigenvalue weighted by Crippen LogP contribution is 2.27. The van der Waals surface area contributed by atoms with E-state index in [4.69, 9.17) is 11.6 Å². The van der Waals surface area contributed by atoms with Gasteiger partial charge in [0.15, 0.2) is 0 Å². The third-order valence-corrected chi connectivity index (χ3v) is 3.87. The molecule has 0 atom stereocenters. The molecule has 2 heterocycles. The fraction of sp³-hybridized carbons (Fsp3) is 0.0769. The van der Waals surface area contributed by atoms with Gasteiger partial charge in [-0.25, -0.2) is 0 Å². The Kier molecular flexibility index (Phi) is 4.49. The first-order valence-electron chi connectivity index (χ1n) is 6.57. The Hall–Kier alpha value is -2.85. The van der Waals surface area contributed by atoms with Crippen molar-refractivity contribution in [2.24, 2.45) is 0 Å². The van der Waals surface area contributed by atoms with Crippen LogP contribution in [0.25, 0.3) is 11.4 Å². The molecule has 1 N–H and O–H groups in total. The van der Waals surface area contributed by atoms with Crippen LogP contribution >= 0.6 is 22.9 Å². The summed E-state index contributed by atoms with van der Waals surface area (Å²) in [5.74, 6) is -0.115. The molecule has 9 nitrogen and oxygen atoms in total. The zero-order chi connectivity index (χ0) is 17.1. The fourth-order valence-electron chi connectivity index (χ4n) is 1.90. The lowest BCUT2D eigenvalue weighted by atomic mass is 10.2. The number of anilines is 1. The van der Waals surface area contributed by atoms with Crippen molar-refractivity contribution in [1.29, 1.82) is 0 Å². The van der Waals surface area contributed by atoms with Crippen LogP contribution < -0.4 is 5.32 Å². The molecule has 122 valence electrons. The Labute approximate surface area is 144 Å². The number of rotatable bonds is 5. The largest absolute Gasteiger partial charge is 0.319 e. The molecule has 11 heteroatoms. The number of benzene rings is 1. The number of halogens is 1. The van der Waals surface area contributed by atoms with Crippen LogP contribution in [-0.2, 0) is 11.3 Å². The summed E-state index contributed by atoms with van der Waals surface area (Å²) < 4.78 is 0. The first-order chi connectivity index (χ1) is 11.5. The number of nitro groups is 1. The number of nitrogens with one attached hydrogen (secondary N) is 1. The van der Waals surface area contributed by atoms with Crippen LogP contribution in [0.15, 0.2) is 35.0 Å². The molecule has 0 saturated carbocycles. The monoisotopic (exact) mass is 364 g/mol. The van der Waals surface area contributed by atoms with E-state index in [2.05, 4.69) is 20.7 Å². The van der Waals surface area contributed by atoms with Gasteiger partial charge in [-0.15, -0.1) is 10.2 Å². The SMILES string of the molecule is O=C(Cn1nnc(-c2ccsc2)n1)Nc1ccc(Cl)cc1[N+](=O)[O-]. The molecule has 0 aliphatic heterocycles. The average Bonchev–Trinajstić information content (AvgIpc) is 3.19. The van der Waals surface area contributed by atoms with E-state index in [9.17, 15) is 14.9 Å². The molecule has 0 bridgehead atoms. The number of hydrogen-bond donors (Lipinski definition) is 1. The zero-order valence-corrected chi connectivity index (χ0v) is 13.5. The highest BCUT2D eigenvalue weighted by Gasteiger charge is 2.17. The van der Waals surface area contributed by atoms with E-state index < -0.39 is 10.8 Å². The number of hydrogen-bond acceptors (Lipinski definition) is 7. The van der Waals surface area contributed by atoms with Crippen LogP contribution in [0.5, 0.6) is 0 Å². The Bertz CT molecular complexity index is 895. The van der Waals surface area contributed by atoms with Gasteiger partial charge in [0, 0.05) is 22.0 Å². The topological polar surface area (TPSA) is 116 Å². The Balaban J connectivity index is 1.71. The molecule has 3 rings (SSSR count). The number of amides is 1. The van der Waals surface area contributed by atoms with Crippen molar-refractivity contribution in [3.8, 4) is 11.4 Å². The second kappa shape index (κ2) is 6.72. The number of nitro benzene ring substituents is 1. The lowest BCUT2D eigenvalue weighted by Gasteiger charge is -2.05. The van der Waals surface area contributed by atoms with Crippen LogP contribution in [0.4, 0.5) is 11.4 Å². The smallest absolute Gasteiger partial charge is 0.294 e. The van der Waals surface area contributed by atoms with Crippen molar-refractivity contribution in [3.05, 3.63) is 50.2 Å². The molecular formula is C13H9ClN6O3S. The van der Waals surface area contributed by atoms with Crippen LogP contribution in [0.2, 0.25) is 5.02 Å². The van der Waals surface area contributed by atoms with Crippen LogP contribution in [0.1, 0.15) is 0 Å². The predicted octanol–water partition coefficient (Wildman–Crippen LogP) is 2.60. The van der Waals surface area contributed by atoms with Crippen molar-refractivity contribution in [1.82, 2.24) is 20.2 Å². The van der Waals surface area contributed by atoms with Gasteiger partial charge < -0.3 is 5.32 Å². The van der Waals surface area contributed by atoms with Gasteiger partial charge in [-0.1, -0.05) is 11.6 Å². The van der Waals surface area contributed by atoms with E-state index >= 15 is 0 Å². The van der Waals surface area contributed by atoms with E-state index in [1.54, 1.807) is 0 Å². The molecule has 0 spiro atoms. The molecule has 0 aliphatic carbocycles. The van der Waals surface area contributed by atoms with Gasteiger partial charge in [-0.2, -0.15) is 16.1 Å². The molecule has 0 unspecified atom stereocenters. The van der Waals surface area contributed by atoms with E-state index in [0.29, 0.717) is 5.82 Å². The summed E-state index contributed by atoms with van der Waals surface area (Å²) in [5.41, 5.74) is 0.564. The highest BCUT2D eigenvalue weighted by atomic mass is 35.5. The van der Waals surface area contributed by atoms with Crippen molar-refractivity contribution < 1.29 is 9.72 Å². The summed E-state index contributed by atoms with van der Waals surface area (Å²) in [4.78, 5) is 23.5. The molecule has 0 fully saturated rings. The van der Waals surface area contributed by atoms with Crippen LogP contribution in [0, 0.1) is 10.1 Å². The minimum Gasteiger partial charge on any atom is -0.319 e. The van der Waals surface area contributed by atoms with Crippen LogP contribution in [0.3, 0.4) is 0 Å². The summed E-state index contributed by atoms with van der Waals surface area (Å²) in [6, 6.07) is 5.82. The normalized spacial score (nSPS) is 10.5. The average molecular weight is 365 g/mol. The Morgan fingerprint density at radius 2 is 2.25 bits per heavy atom. The highest BCUT2D eigenvalue weighted by molar-refractivity contribution is 7.08. The Morgan fingerprint density at radius 3 is 2.96 bits per heavy atom. The number of carbonyl (C=O) groups excluding carboxylic acids is 1. The van der Waals surface area contributed by atoms with Gasteiger partial charge >= 0.3 is 0 Å². The third-order valence-electron chi connectivity index (χ3n) is 2.95. The lowest BCUT2D eigenvalue weighted by molar-refractivity contribution is -0.383. The van der Waals surface area contributed by atoms with Crippen molar-refractivity contribution >= 4 is 40.2 Å². The summed E-state index contributed by atoms with van der Waals surface area (Å²) in [7, 11) is 0. The quantitative estimate of drug-likeness (QED) is 0.549. The van der Waals surface area contributed by atoms with Crippen molar-refractivity contribution in [2.45, 2.75) is 6.54 Å². The molecular weight excluding hydrogens is 356 g/mol.